The molecule has 0 amide bonds. The smallest absolute Gasteiger partial charge is 0.141 e. The Balaban J connectivity index is 2.59. The van der Waals surface area contributed by atoms with Gasteiger partial charge in [0, 0.05) is 5.56 Å². The number of halogens is 2. The summed E-state index contributed by atoms with van der Waals surface area (Å²) in [6, 6.07) is 10.0. The summed E-state index contributed by atoms with van der Waals surface area (Å²) in [4.78, 5) is 0. The van der Waals surface area contributed by atoms with E-state index in [0.29, 0.717) is 5.75 Å². The van der Waals surface area contributed by atoms with E-state index in [2.05, 4.69) is 41.9 Å². The molecule has 0 bridgehead atoms. The van der Waals surface area contributed by atoms with E-state index >= 15 is 0 Å². The molecule has 0 heterocycles. The molecule has 0 radical (unpaired) electrons. The summed E-state index contributed by atoms with van der Waals surface area (Å²) in [5.41, 5.74) is 4.38. The fraction of sp³-hybridized carbons (Fsp3) is 0.294. The van der Waals surface area contributed by atoms with Gasteiger partial charge in [-0.15, -0.1) is 11.6 Å². The summed E-state index contributed by atoms with van der Waals surface area (Å²) in [7, 11) is 3.26. The van der Waals surface area contributed by atoms with Crippen molar-refractivity contribution < 1.29 is 9.47 Å². The average molecular weight is 370 g/mol. The van der Waals surface area contributed by atoms with E-state index in [1.54, 1.807) is 14.2 Å². The lowest BCUT2D eigenvalue weighted by molar-refractivity contribution is 0.386. The summed E-state index contributed by atoms with van der Waals surface area (Å²) in [5, 5.41) is -0.275. The van der Waals surface area contributed by atoms with Crippen molar-refractivity contribution in [2.75, 3.05) is 14.2 Å². The van der Waals surface area contributed by atoms with Gasteiger partial charge in [-0.05, 0) is 58.6 Å². The zero-order valence-corrected chi connectivity index (χ0v) is 14.9. The van der Waals surface area contributed by atoms with E-state index in [0.717, 1.165) is 21.3 Å². The minimum atomic E-state index is -0.275. The van der Waals surface area contributed by atoms with Gasteiger partial charge in [0.05, 0.1) is 19.6 Å². The van der Waals surface area contributed by atoms with Gasteiger partial charge in [0.15, 0.2) is 0 Å². The Morgan fingerprint density at radius 3 is 2.14 bits per heavy atom. The molecule has 2 rings (SSSR count). The van der Waals surface area contributed by atoms with Crippen LogP contribution in [0.1, 0.15) is 27.6 Å². The predicted molar refractivity (Wildman–Crippen MR) is 90.9 cm³/mol. The number of aryl methyl sites for hydroxylation is 2. The Kier molecular flexibility index (Phi) is 5.17. The Morgan fingerprint density at radius 2 is 1.62 bits per heavy atom. The first-order chi connectivity index (χ1) is 10.0. The van der Waals surface area contributed by atoms with Gasteiger partial charge >= 0.3 is 0 Å². The highest BCUT2D eigenvalue weighted by molar-refractivity contribution is 9.10. The first-order valence-electron chi connectivity index (χ1n) is 6.61. The summed E-state index contributed by atoms with van der Waals surface area (Å²) in [5.74, 6) is 1.43. The molecule has 0 saturated carbocycles. The van der Waals surface area contributed by atoms with Crippen LogP contribution in [0, 0.1) is 13.8 Å². The average Bonchev–Trinajstić information content (AvgIpc) is 2.46. The molecule has 4 heteroatoms. The number of rotatable bonds is 4. The van der Waals surface area contributed by atoms with Crippen molar-refractivity contribution in [3.63, 3.8) is 0 Å². The van der Waals surface area contributed by atoms with Crippen LogP contribution in [-0.2, 0) is 0 Å². The van der Waals surface area contributed by atoms with Crippen LogP contribution in [0.5, 0.6) is 11.5 Å². The van der Waals surface area contributed by atoms with Crippen LogP contribution >= 0.6 is 27.5 Å². The van der Waals surface area contributed by atoms with Gasteiger partial charge in [0.2, 0.25) is 0 Å². The standard InChI is InChI=1S/C17H18BrClO2/c1-10-6-5-7-11(2)14(10)16(19)12-8-9-13(20-3)15(18)17(12)21-4/h5-9,16H,1-4H3. The maximum absolute atomic E-state index is 6.75. The van der Waals surface area contributed by atoms with Gasteiger partial charge in [-0.2, -0.15) is 0 Å². The lowest BCUT2D eigenvalue weighted by Crippen LogP contribution is -2.03. The predicted octanol–water partition coefficient (Wildman–Crippen LogP) is 5.41. The Labute approximate surface area is 139 Å². The highest BCUT2D eigenvalue weighted by Crippen LogP contribution is 2.44. The summed E-state index contributed by atoms with van der Waals surface area (Å²) >= 11 is 10.3. The van der Waals surface area contributed by atoms with Crippen molar-refractivity contribution in [2.24, 2.45) is 0 Å². The molecule has 0 saturated heterocycles. The van der Waals surface area contributed by atoms with Crippen LogP contribution in [0.3, 0.4) is 0 Å². The second kappa shape index (κ2) is 6.71. The largest absolute Gasteiger partial charge is 0.495 e. The van der Waals surface area contributed by atoms with Gasteiger partial charge < -0.3 is 9.47 Å². The summed E-state index contributed by atoms with van der Waals surface area (Å²) in [6.45, 7) is 4.14. The number of alkyl halides is 1. The Hall–Kier alpha value is -1.19. The molecule has 0 aliphatic heterocycles. The van der Waals surface area contributed by atoms with Crippen LogP contribution in [0.2, 0.25) is 0 Å². The third kappa shape index (κ3) is 3.04. The molecular weight excluding hydrogens is 352 g/mol. The van der Waals surface area contributed by atoms with Crippen molar-refractivity contribution >= 4 is 27.5 Å². The maximum atomic E-state index is 6.75. The molecule has 112 valence electrons. The molecule has 0 N–H and O–H groups in total. The molecule has 0 spiro atoms. The second-order valence-corrected chi connectivity index (χ2v) is 6.10. The zero-order valence-electron chi connectivity index (χ0n) is 12.5. The van der Waals surface area contributed by atoms with E-state index in [-0.39, 0.29) is 5.38 Å². The number of hydrogen-bond acceptors (Lipinski definition) is 2. The number of hydrogen-bond donors (Lipinski definition) is 0. The van der Waals surface area contributed by atoms with Crippen molar-refractivity contribution in [1.82, 2.24) is 0 Å². The van der Waals surface area contributed by atoms with E-state index in [1.165, 1.54) is 11.1 Å². The molecule has 0 aromatic heterocycles. The SMILES string of the molecule is COc1ccc(C(Cl)c2c(C)cccc2C)c(OC)c1Br. The van der Waals surface area contributed by atoms with Gasteiger partial charge in [-0.25, -0.2) is 0 Å². The third-order valence-electron chi connectivity index (χ3n) is 3.58. The fourth-order valence-corrected chi connectivity index (χ4v) is 3.70. The lowest BCUT2D eigenvalue weighted by Gasteiger charge is -2.20. The monoisotopic (exact) mass is 368 g/mol. The summed E-state index contributed by atoms with van der Waals surface area (Å²) < 4.78 is 11.6. The molecule has 0 aliphatic carbocycles. The molecular formula is C17H18BrClO2. The van der Waals surface area contributed by atoms with E-state index in [9.17, 15) is 0 Å². The van der Waals surface area contributed by atoms with Gasteiger partial charge in [0.25, 0.3) is 0 Å². The normalized spacial score (nSPS) is 12.1. The van der Waals surface area contributed by atoms with Crippen molar-refractivity contribution in [1.29, 1.82) is 0 Å². The molecule has 1 atom stereocenters. The first-order valence-corrected chi connectivity index (χ1v) is 7.84. The fourth-order valence-electron chi connectivity index (χ4n) is 2.50. The lowest BCUT2D eigenvalue weighted by atomic mass is 9.95. The Morgan fingerprint density at radius 1 is 1.00 bits per heavy atom. The quantitative estimate of drug-likeness (QED) is 0.671. The topological polar surface area (TPSA) is 18.5 Å². The van der Waals surface area contributed by atoms with Crippen LogP contribution in [0.25, 0.3) is 0 Å². The molecule has 21 heavy (non-hydrogen) atoms. The molecule has 1 unspecified atom stereocenters. The molecule has 2 aromatic carbocycles. The Bertz CT molecular complexity index is 635. The molecule has 0 aliphatic rings. The number of ether oxygens (including phenoxy) is 2. The van der Waals surface area contributed by atoms with Crippen LogP contribution in [0.4, 0.5) is 0 Å². The molecule has 0 fully saturated rings. The number of benzene rings is 2. The van der Waals surface area contributed by atoms with E-state index in [4.69, 9.17) is 21.1 Å². The van der Waals surface area contributed by atoms with Crippen molar-refractivity contribution in [3.05, 3.63) is 57.1 Å². The van der Waals surface area contributed by atoms with E-state index in [1.807, 2.05) is 18.2 Å². The zero-order chi connectivity index (χ0) is 15.6. The maximum Gasteiger partial charge on any atom is 0.141 e. The van der Waals surface area contributed by atoms with Gasteiger partial charge in [0.1, 0.15) is 16.0 Å². The van der Waals surface area contributed by atoms with Crippen LogP contribution in [0.15, 0.2) is 34.8 Å². The molecule has 2 aromatic rings. The van der Waals surface area contributed by atoms with Gasteiger partial charge in [-0.3, -0.25) is 0 Å². The second-order valence-electron chi connectivity index (χ2n) is 4.87. The van der Waals surface area contributed by atoms with Crippen LogP contribution in [-0.4, -0.2) is 14.2 Å². The van der Waals surface area contributed by atoms with Crippen molar-refractivity contribution in [2.45, 2.75) is 19.2 Å². The van der Waals surface area contributed by atoms with Gasteiger partial charge in [-0.1, -0.05) is 18.2 Å². The summed E-state index contributed by atoms with van der Waals surface area (Å²) in [6.07, 6.45) is 0. The van der Waals surface area contributed by atoms with E-state index < -0.39 is 0 Å². The third-order valence-corrected chi connectivity index (χ3v) is 4.79. The first kappa shape index (κ1) is 16.2. The minimum Gasteiger partial charge on any atom is -0.495 e. The van der Waals surface area contributed by atoms with Crippen LogP contribution < -0.4 is 9.47 Å². The number of methoxy groups -OCH3 is 2. The highest BCUT2D eigenvalue weighted by Gasteiger charge is 2.22. The van der Waals surface area contributed by atoms with Crippen molar-refractivity contribution in [3.8, 4) is 11.5 Å². The minimum absolute atomic E-state index is 0.275. The molecule has 2 nitrogen and oxygen atoms in total. The highest BCUT2D eigenvalue weighted by atomic mass is 79.9.